The zero-order chi connectivity index (χ0) is 14.3. The highest BCUT2D eigenvalue weighted by molar-refractivity contribution is 5.34. The summed E-state index contributed by atoms with van der Waals surface area (Å²) in [6.45, 7) is 1.51. The van der Waals surface area contributed by atoms with Crippen LogP contribution in [0.1, 0.15) is 28.4 Å². The third kappa shape index (κ3) is 2.22. The molecule has 2 aromatic rings. The quantitative estimate of drug-likeness (QED) is 0.885. The van der Waals surface area contributed by atoms with Crippen LogP contribution in [0.25, 0.3) is 0 Å². The third-order valence-corrected chi connectivity index (χ3v) is 4.13. The Balaban J connectivity index is 1.88. The Morgan fingerprint density at radius 1 is 1.05 bits per heavy atom. The number of aryl methyl sites for hydroxylation is 1. The van der Waals surface area contributed by atoms with E-state index in [1.165, 1.54) is 18.1 Å². The molecule has 2 aromatic carbocycles. The first-order valence-corrected chi connectivity index (χ1v) is 6.76. The molecule has 0 spiro atoms. The summed E-state index contributed by atoms with van der Waals surface area (Å²) in [6, 6.07) is 10.2. The van der Waals surface area contributed by atoms with Crippen molar-refractivity contribution in [3.8, 4) is 0 Å². The van der Waals surface area contributed by atoms with Gasteiger partial charge in [0.05, 0.1) is 6.10 Å². The van der Waals surface area contributed by atoms with Gasteiger partial charge in [0, 0.05) is 5.56 Å². The SMILES string of the molecule is Cc1cc(F)c(C(O)C2Cc3ccccc3C2)cc1F. The van der Waals surface area contributed by atoms with Crippen LogP contribution in [0.3, 0.4) is 0 Å². The van der Waals surface area contributed by atoms with E-state index < -0.39 is 17.7 Å². The number of hydrogen-bond donors (Lipinski definition) is 1. The number of fused-ring (bicyclic) bond motifs is 1. The monoisotopic (exact) mass is 274 g/mol. The maximum atomic E-state index is 13.9. The first kappa shape index (κ1) is 13.3. The zero-order valence-corrected chi connectivity index (χ0v) is 11.2. The van der Waals surface area contributed by atoms with Crippen molar-refractivity contribution in [1.82, 2.24) is 0 Å². The Labute approximate surface area is 116 Å². The summed E-state index contributed by atoms with van der Waals surface area (Å²) in [5.74, 6) is -1.10. The fourth-order valence-corrected chi connectivity index (χ4v) is 2.96. The van der Waals surface area contributed by atoms with Gasteiger partial charge in [0.15, 0.2) is 0 Å². The van der Waals surface area contributed by atoms with Crippen LogP contribution in [0.15, 0.2) is 36.4 Å². The normalized spacial score (nSPS) is 16.2. The zero-order valence-electron chi connectivity index (χ0n) is 11.2. The van der Waals surface area contributed by atoms with Crippen molar-refractivity contribution in [1.29, 1.82) is 0 Å². The fourth-order valence-electron chi connectivity index (χ4n) is 2.96. The van der Waals surface area contributed by atoms with Crippen LogP contribution in [0.2, 0.25) is 0 Å². The molecule has 20 heavy (non-hydrogen) atoms. The minimum absolute atomic E-state index is 0.0610. The second kappa shape index (κ2) is 4.98. The molecule has 0 heterocycles. The highest BCUT2D eigenvalue weighted by atomic mass is 19.1. The molecule has 1 N–H and O–H groups in total. The summed E-state index contributed by atoms with van der Waals surface area (Å²) in [5.41, 5.74) is 2.69. The number of rotatable bonds is 2. The topological polar surface area (TPSA) is 20.2 Å². The number of hydrogen-bond acceptors (Lipinski definition) is 1. The first-order chi connectivity index (χ1) is 9.56. The van der Waals surface area contributed by atoms with Gasteiger partial charge in [-0.25, -0.2) is 8.78 Å². The molecule has 0 aliphatic heterocycles. The number of halogens is 2. The Morgan fingerprint density at radius 3 is 2.25 bits per heavy atom. The summed E-state index contributed by atoms with van der Waals surface area (Å²) in [5, 5.41) is 10.4. The number of aliphatic hydroxyl groups is 1. The van der Waals surface area contributed by atoms with Gasteiger partial charge in [0.2, 0.25) is 0 Å². The lowest BCUT2D eigenvalue weighted by Gasteiger charge is -2.19. The summed E-state index contributed by atoms with van der Waals surface area (Å²) in [7, 11) is 0. The molecule has 3 heteroatoms. The van der Waals surface area contributed by atoms with Crippen molar-refractivity contribution in [2.24, 2.45) is 5.92 Å². The molecule has 3 rings (SSSR count). The first-order valence-electron chi connectivity index (χ1n) is 6.76. The van der Waals surface area contributed by atoms with Gasteiger partial charge in [-0.15, -0.1) is 0 Å². The molecule has 1 aliphatic carbocycles. The molecule has 104 valence electrons. The summed E-state index contributed by atoms with van der Waals surface area (Å²) < 4.78 is 27.5. The molecular weight excluding hydrogens is 258 g/mol. The average Bonchev–Trinajstić information content (AvgIpc) is 2.86. The maximum Gasteiger partial charge on any atom is 0.129 e. The summed E-state index contributed by atoms with van der Waals surface area (Å²) in [4.78, 5) is 0. The molecule has 0 saturated heterocycles. The van der Waals surface area contributed by atoms with E-state index in [9.17, 15) is 13.9 Å². The third-order valence-electron chi connectivity index (χ3n) is 4.13. The van der Waals surface area contributed by atoms with Crippen molar-refractivity contribution in [2.75, 3.05) is 0 Å². The van der Waals surface area contributed by atoms with Gasteiger partial charge in [-0.3, -0.25) is 0 Å². The van der Waals surface area contributed by atoms with Crippen LogP contribution in [0.5, 0.6) is 0 Å². The van der Waals surface area contributed by atoms with Crippen molar-refractivity contribution < 1.29 is 13.9 Å². The number of benzene rings is 2. The van der Waals surface area contributed by atoms with Gasteiger partial charge in [-0.2, -0.15) is 0 Å². The minimum atomic E-state index is -0.975. The fraction of sp³-hybridized carbons (Fsp3) is 0.294. The van der Waals surface area contributed by atoms with Crippen molar-refractivity contribution in [3.05, 3.63) is 70.3 Å². The lowest BCUT2D eigenvalue weighted by atomic mass is 9.92. The molecular formula is C17H16F2O. The van der Waals surface area contributed by atoms with Gasteiger partial charge in [0.1, 0.15) is 11.6 Å². The standard InChI is InChI=1S/C17H16F2O/c1-10-6-16(19)14(9-15(10)18)17(20)13-7-11-4-2-3-5-12(11)8-13/h2-6,9,13,17,20H,7-8H2,1H3. The molecule has 1 unspecified atom stereocenters. The molecule has 0 saturated carbocycles. The highest BCUT2D eigenvalue weighted by Crippen LogP contribution is 2.36. The average molecular weight is 274 g/mol. The van der Waals surface area contributed by atoms with E-state index in [0.29, 0.717) is 12.8 Å². The molecule has 0 aromatic heterocycles. The van der Waals surface area contributed by atoms with Gasteiger partial charge in [-0.05, 0) is 54.5 Å². The lowest BCUT2D eigenvalue weighted by Crippen LogP contribution is -2.15. The molecule has 1 nitrogen and oxygen atoms in total. The Bertz CT molecular complexity index is 626. The predicted octanol–water partition coefficient (Wildman–Crippen LogP) is 3.72. The van der Waals surface area contributed by atoms with Crippen molar-refractivity contribution >= 4 is 0 Å². The summed E-state index contributed by atoms with van der Waals surface area (Å²) in [6.07, 6.45) is 0.427. The van der Waals surface area contributed by atoms with Gasteiger partial charge < -0.3 is 5.11 Å². The van der Waals surface area contributed by atoms with E-state index in [1.807, 2.05) is 24.3 Å². The second-order valence-corrected chi connectivity index (χ2v) is 5.50. The van der Waals surface area contributed by atoms with Crippen LogP contribution in [-0.4, -0.2) is 5.11 Å². The second-order valence-electron chi connectivity index (χ2n) is 5.50. The van der Waals surface area contributed by atoms with Crippen LogP contribution >= 0.6 is 0 Å². The predicted molar refractivity (Wildman–Crippen MR) is 73.4 cm³/mol. The van der Waals surface area contributed by atoms with Gasteiger partial charge >= 0.3 is 0 Å². The molecule has 1 aliphatic rings. The van der Waals surface area contributed by atoms with E-state index in [1.54, 1.807) is 0 Å². The van der Waals surface area contributed by atoms with Gasteiger partial charge in [0.25, 0.3) is 0 Å². The Hall–Kier alpha value is -1.74. The Kier molecular flexibility index (Phi) is 3.30. The number of aliphatic hydroxyl groups excluding tert-OH is 1. The van der Waals surface area contributed by atoms with E-state index in [2.05, 4.69) is 0 Å². The largest absolute Gasteiger partial charge is 0.388 e. The summed E-state index contributed by atoms with van der Waals surface area (Å²) >= 11 is 0. The van der Waals surface area contributed by atoms with Crippen LogP contribution in [0, 0.1) is 24.5 Å². The van der Waals surface area contributed by atoms with E-state index >= 15 is 0 Å². The van der Waals surface area contributed by atoms with Crippen LogP contribution in [0.4, 0.5) is 8.78 Å². The van der Waals surface area contributed by atoms with Crippen molar-refractivity contribution in [2.45, 2.75) is 25.9 Å². The van der Waals surface area contributed by atoms with E-state index in [-0.39, 0.29) is 17.0 Å². The molecule has 0 bridgehead atoms. The van der Waals surface area contributed by atoms with Crippen molar-refractivity contribution in [3.63, 3.8) is 0 Å². The van der Waals surface area contributed by atoms with Crippen LogP contribution < -0.4 is 0 Å². The lowest BCUT2D eigenvalue weighted by molar-refractivity contribution is 0.109. The van der Waals surface area contributed by atoms with Gasteiger partial charge in [-0.1, -0.05) is 24.3 Å². The smallest absolute Gasteiger partial charge is 0.129 e. The molecule has 1 atom stereocenters. The maximum absolute atomic E-state index is 13.9. The van der Waals surface area contributed by atoms with E-state index in [4.69, 9.17) is 0 Å². The highest BCUT2D eigenvalue weighted by Gasteiger charge is 2.30. The minimum Gasteiger partial charge on any atom is -0.388 e. The molecule has 0 fully saturated rings. The Morgan fingerprint density at radius 2 is 1.65 bits per heavy atom. The van der Waals surface area contributed by atoms with Crippen LogP contribution in [-0.2, 0) is 12.8 Å². The molecule has 0 amide bonds. The van der Waals surface area contributed by atoms with E-state index in [0.717, 1.165) is 12.1 Å². The molecule has 0 radical (unpaired) electrons.